The van der Waals surface area contributed by atoms with Gasteiger partial charge < -0.3 is 10.0 Å². The number of carbonyl (C=O) groups excluding carboxylic acids is 1. The molecule has 0 aromatic heterocycles. The maximum absolute atomic E-state index is 12.6. The van der Waals surface area contributed by atoms with E-state index in [0.717, 1.165) is 11.1 Å². The summed E-state index contributed by atoms with van der Waals surface area (Å²) in [4.78, 5) is 36.7. The lowest BCUT2D eigenvalue weighted by Crippen LogP contribution is -2.39. The van der Waals surface area contributed by atoms with E-state index < -0.39 is 16.8 Å². The number of carbonyl (C=O) groups is 2. The van der Waals surface area contributed by atoms with Crippen molar-refractivity contribution in [3.05, 3.63) is 69.8 Å². The Bertz CT molecular complexity index is 1020. The van der Waals surface area contributed by atoms with Crippen LogP contribution >= 0.6 is 0 Å². The molecule has 0 aliphatic carbocycles. The van der Waals surface area contributed by atoms with Gasteiger partial charge in [-0.3, -0.25) is 19.7 Å². The quantitative estimate of drug-likeness (QED) is 0.412. The Morgan fingerprint density at radius 1 is 1.13 bits per heavy atom. The Hall–Kier alpha value is -3.48. The first-order valence-corrected chi connectivity index (χ1v) is 10.4. The van der Waals surface area contributed by atoms with Crippen LogP contribution in [0.25, 0.3) is 17.2 Å². The van der Waals surface area contributed by atoms with Gasteiger partial charge in [-0.2, -0.15) is 0 Å². The number of nitro benzene ring substituents is 1. The van der Waals surface area contributed by atoms with Crippen LogP contribution in [-0.4, -0.2) is 39.9 Å². The van der Waals surface area contributed by atoms with E-state index in [0.29, 0.717) is 37.1 Å². The number of hydrogen-bond donors (Lipinski definition) is 1. The number of nitro groups is 1. The van der Waals surface area contributed by atoms with Crippen molar-refractivity contribution in [1.82, 2.24) is 4.90 Å². The molecule has 1 heterocycles. The lowest BCUT2D eigenvalue weighted by Gasteiger charge is -2.29. The molecule has 1 saturated heterocycles. The first kappa shape index (κ1) is 22.2. The van der Waals surface area contributed by atoms with Crippen LogP contribution in [-0.2, 0) is 9.59 Å². The summed E-state index contributed by atoms with van der Waals surface area (Å²) < 4.78 is 0. The second kappa shape index (κ2) is 9.55. The van der Waals surface area contributed by atoms with Gasteiger partial charge in [-0.25, -0.2) is 0 Å². The molecule has 1 aliphatic heterocycles. The predicted molar refractivity (Wildman–Crippen MR) is 119 cm³/mol. The Morgan fingerprint density at radius 2 is 1.81 bits per heavy atom. The zero-order valence-electron chi connectivity index (χ0n) is 17.7. The van der Waals surface area contributed by atoms with Gasteiger partial charge in [0.25, 0.3) is 5.69 Å². The molecule has 3 rings (SSSR count). The van der Waals surface area contributed by atoms with Gasteiger partial charge in [0.15, 0.2) is 0 Å². The number of piperidine rings is 1. The highest BCUT2D eigenvalue weighted by molar-refractivity contribution is 5.94. The second-order valence-corrected chi connectivity index (χ2v) is 8.01. The summed E-state index contributed by atoms with van der Waals surface area (Å²) in [5.41, 5.74) is 2.85. The zero-order chi connectivity index (χ0) is 22.5. The molecule has 2 aromatic rings. The minimum Gasteiger partial charge on any atom is -0.481 e. The highest BCUT2D eigenvalue weighted by Crippen LogP contribution is 2.38. The van der Waals surface area contributed by atoms with Gasteiger partial charge in [-0.15, -0.1) is 0 Å². The van der Waals surface area contributed by atoms with Crippen LogP contribution in [0.5, 0.6) is 0 Å². The fraction of sp³-hybridized carbons (Fsp3) is 0.333. The summed E-state index contributed by atoms with van der Waals surface area (Å²) in [6, 6.07) is 12.4. The Morgan fingerprint density at radius 3 is 2.42 bits per heavy atom. The van der Waals surface area contributed by atoms with Crippen LogP contribution in [0.2, 0.25) is 0 Å². The minimum atomic E-state index is -0.826. The maximum atomic E-state index is 12.6. The molecule has 0 saturated carbocycles. The average molecular weight is 422 g/mol. The van der Waals surface area contributed by atoms with Gasteiger partial charge in [0.05, 0.1) is 16.4 Å². The van der Waals surface area contributed by atoms with Crippen molar-refractivity contribution < 1.29 is 19.6 Å². The SMILES string of the molecule is CC(C)c1ccccc1-c1c(/C=C/C(=O)N2CCC(C(=O)O)CC2)cccc1[N+](=O)[O-]. The molecule has 1 aliphatic rings. The zero-order valence-corrected chi connectivity index (χ0v) is 17.7. The van der Waals surface area contributed by atoms with Crippen LogP contribution < -0.4 is 0 Å². The topological polar surface area (TPSA) is 101 Å². The summed E-state index contributed by atoms with van der Waals surface area (Å²) >= 11 is 0. The van der Waals surface area contributed by atoms with E-state index in [1.807, 2.05) is 38.1 Å². The van der Waals surface area contributed by atoms with Crippen LogP contribution in [0.1, 0.15) is 43.7 Å². The molecule has 1 fully saturated rings. The lowest BCUT2D eigenvalue weighted by molar-refractivity contribution is -0.384. The molecular weight excluding hydrogens is 396 g/mol. The Labute approximate surface area is 181 Å². The number of likely N-dealkylation sites (tertiary alicyclic amines) is 1. The van der Waals surface area contributed by atoms with Gasteiger partial charge >= 0.3 is 5.97 Å². The lowest BCUT2D eigenvalue weighted by atomic mass is 9.89. The van der Waals surface area contributed by atoms with E-state index in [4.69, 9.17) is 5.11 Å². The monoisotopic (exact) mass is 422 g/mol. The van der Waals surface area contributed by atoms with E-state index in [2.05, 4.69) is 0 Å². The molecule has 7 heteroatoms. The molecule has 2 aromatic carbocycles. The third-order valence-corrected chi connectivity index (χ3v) is 5.68. The van der Waals surface area contributed by atoms with Crippen molar-refractivity contribution in [3.63, 3.8) is 0 Å². The number of rotatable bonds is 6. The standard InChI is InChI=1S/C24H26N2O5/c1-16(2)19-7-3-4-8-20(19)23-17(6-5-9-21(23)26(30)31)10-11-22(27)25-14-12-18(13-15-25)24(28)29/h3-11,16,18H,12-15H2,1-2H3,(H,28,29)/b11-10+. The first-order valence-electron chi connectivity index (χ1n) is 10.4. The van der Waals surface area contributed by atoms with Crippen molar-refractivity contribution in [3.8, 4) is 11.1 Å². The van der Waals surface area contributed by atoms with Crippen molar-refractivity contribution in [2.24, 2.45) is 5.92 Å². The molecule has 7 nitrogen and oxygen atoms in total. The smallest absolute Gasteiger partial charge is 0.306 e. The van der Waals surface area contributed by atoms with E-state index in [1.54, 1.807) is 23.1 Å². The van der Waals surface area contributed by atoms with Gasteiger partial charge in [0, 0.05) is 25.2 Å². The number of nitrogens with zero attached hydrogens (tertiary/aromatic N) is 2. The molecule has 0 unspecified atom stereocenters. The van der Waals surface area contributed by atoms with Crippen molar-refractivity contribution in [2.45, 2.75) is 32.6 Å². The Balaban J connectivity index is 1.94. The van der Waals surface area contributed by atoms with Gasteiger partial charge in [0.1, 0.15) is 0 Å². The fourth-order valence-corrected chi connectivity index (χ4v) is 3.98. The number of aliphatic carboxylic acids is 1. The number of carboxylic acid groups (broad SMARTS) is 1. The number of amides is 1. The van der Waals surface area contributed by atoms with Crippen molar-refractivity contribution >= 4 is 23.6 Å². The van der Waals surface area contributed by atoms with E-state index in [9.17, 15) is 19.7 Å². The van der Waals surface area contributed by atoms with Gasteiger partial charge in [0.2, 0.25) is 5.91 Å². The minimum absolute atomic E-state index is 0.00929. The van der Waals surface area contributed by atoms with E-state index >= 15 is 0 Å². The third-order valence-electron chi connectivity index (χ3n) is 5.68. The Kier molecular flexibility index (Phi) is 6.84. The molecule has 1 amide bonds. The summed E-state index contributed by atoms with van der Waals surface area (Å²) in [6.07, 6.45) is 3.89. The van der Waals surface area contributed by atoms with Crippen LogP contribution in [0, 0.1) is 16.0 Å². The summed E-state index contributed by atoms with van der Waals surface area (Å²) in [5, 5.41) is 20.9. The normalized spacial score (nSPS) is 14.9. The molecule has 0 radical (unpaired) electrons. The van der Waals surface area contributed by atoms with E-state index in [-0.39, 0.29) is 17.5 Å². The fourth-order valence-electron chi connectivity index (χ4n) is 3.98. The van der Waals surface area contributed by atoms with Gasteiger partial charge in [-0.05, 0) is 41.5 Å². The molecule has 1 N–H and O–H groups in total. The van der Waals surface area contributed by atoms with E-state index in [1.165, 1.54) is 12.1 Å². The largest absolute Gasteiger partial charge is 0.481 e. The molecule has 0 spiro atoms. The van der Waals surface area contributed by atoms with Crippen molar-refractivity contribution in [1.29, 1.82) is 0 Å². The maximum Gasteiger partial charge on any atom is 0.306 e. The third kappa shape index (κ3) is 4.99. The number of benzene rings is 2. The van der Waals surface area contributed by atoms with Crippen LogP contribution in [0.3, 0.4) is 0 Å². The van der Waals surface area contributed by atoms with Gasteiger partial charge in [-0.1, -0.05) is 50.2 Å². The van der Waals surface area contributed by atoms with Crippen LogP contribution in [0.4, 0.5) is 5.69 Å². The molecule has 31 heavy (non-hydrogen) atoms. The average Bonchev–Trinajstić information content (AvgIpc) is 2.77. The number of carboxylic acids is 1. The first-order chi connectivity index (χ1) is 14.8. The van der Waals surface area contributed by atoms with Crippen molar-refractivity contribution in [2.75, 3.05) is 13.1 Å². The van der Waals surface area contributed by atoms with Crippen LogP contribution in [0.15, 0.2) is 48.5 Å². The number of hydrogen-bond acceptors (Lipinski definition) is 4. The summed E-state index contributed by atoms with van der Waals surface area (Å²) in [6.45, 7) is 4.84. The summed E-state index contributed by atoms with van der Waals surface area (Å²) in [7, 11) is 0. The summed E-state index contributed by atoms with van der Waals surface area (Å²) in [5.74, 6) is -1.29. The highest BCUT2D eigenvalue weighted by atomic mass is 16.6. The molecule has 0 atom stereocenters. The highest BCUT2D eigenvalue weighted by Gasteiger charge is 2.26. The molecular formula is C24H26N2O5. The molecule has 162 valence electrons. The second-order valence-electron chi connectivity index (χ2n) is 8.01. The molecule has 0 bridgehead atoms. The predicted octanol–water partition coefficient (Wildman–Crippen LogP) is 4.72.